The molecule has 20 nitrogen and oxygen atoms in total. The number of esters is 7. The van der Waals surface area contributed by atoms with Crippen LogP contribution in [0, 0.1) is 0 Å². The zero-order valence-corrected chi connectivity index (χ0v) is 54.3. The van der Waals surface area contributed by atoms with E-state index in [1.807, 2.05) is 0 Å². The van der Waals surface area contributed by atoms with Gasteiger partial charge in [-0.2, -0.15) is 0 Å². The van der Waals surface area contributed by atoms with Gasteiger partial charge in [-0.05, 0) is 70.6 Å². The Balaban J connectivity index is 1.84. The fraction of sp³-hybridized carbons (Fsp3) is 0.783. The first kappa shape index (κ1) is 80.1. The predicted octanol–water partition coefficient (Wildman–Crippen LogP) is 11.5. The van der Waals surface area contributed by atoms with Gasteiger partial charge in [0.25, 0.3) is 0 Å². The van der Waals surface area contributed by atoms with Crippen molar-refractivity contribution in [1.29, 1.82) is 0 Å². The lowest BCUT2D eigenvalue weighted by Gasteiger charge is -2.23. The summed E-state index contributed by atoms with van der Waals surface area (Å²) in [5, 5.41) is 43.0. The molecule has 2 aliphatic heterocycles. The van der Waals surface area contributed by atoms with Gasteiger partial charge in [-0.25, -0.2) is 19.2 Å². The zero-order valence-electron chi connectivity index (χ0n) is 54.3. The van der Waals surface area contributed by atoms with Crippen molar-refractivity contribution in [3.63, 3.8) is 0 Å². The van der Waals surface area contributed by atoms with Gasteiger partial charge in [0.15, 0.2) is 6.10 Å². The predicted molar refractivity (Wildman–Crippen MR) is 337 cm³/mol. The standard InChI is InChI=1S/C69H114O20/c1-8-15-17-18-22-30-38-52(71)55(86-63(74)11-4)39-31-23-19-26-34-42-67(78)81-48-50(83-69(80)44-36-28-21-25-33-41-57-61(84-57)47-59(89-66(77)14-7)53(72)37-29-16-9-2)49-82-68(79)43-35-27-20-24-32-40-56(87-64(75)12-5)54(73)45-60-62(85-60)46-58(51(70)10-3)88-65(76)13-6/h11-14,50-62,70-73H,4-10,15-49H2,1-3H3. The molecule has 0 spiro atoms. The smallest absolute Gasteiger partial charge is 0.330 e. The minimum absolute atomic E-state index is 0.0394. The van der Waals surface area contributed by atoms with Crippen LogP contribution in [0.25, 0.3) is 0 Å². The molecule has 2 saturated heterocycles. The second kappa shape index (κ2) is 49.7. The Morgan fingerprint density at radius 3 is 1.18 bits per heavy atom. The average molecular weight is 1260 g/mol. The molecule has 2 rings (SSSR count). The number of hydrogen-bond acceptors (Lipinski definition) is 20. The van der Waals surface area contributed by atoms with Gasteiger partial charge in [-0.1, -0.05) is 169 Å². The van der Waals surface area contributed by atoms with E-state index < -0.39 is 96.7 Å². The number of epoxide rings is 2. The number of carbonyl (C=O) groups is 7. The van der Waals surface area contributed by atoms with Crippen LogP contribution in [0.4, 0.5) is 0 Å². The van der Waals surface area contributed by atoms with Crippen LogP contribution < -0.4 is 0 Å². The molecule has 0 bridgehead atoms. The number of hydrogen-bond donors (Lipinski definition) is 4. The monoisotopic (exact) mass is 1260 g/mol. The molecule has 89 heavy (non-hydrogen) atoms. The van der Waals surface area contributed by atoms with Gasteiger partial charge in [-0.15, -0.1) is 0 Å². The third-order valence-corrected chi connectivity index (χ3v) is 16.4. The van der Waals surface area contributed by atoms with E-state index in [-0.39, 0.29) is 69.7 Å². The Kier molecular flexibility index (Phi) is 44.7. The van der Waals surface area contributed by atoms with Crippen LogP contribution in [-0.2, 0) is 76.2 Å². The van der Waals surface area contributed by atoms with Gasteiger partial charge in [0, 0.05) is 62.8 Å². The normalized spacial score (nSPS) is 18.9. The van der Waals surface area contributed by atoms with E-state index in [9.17, 15) is 54.0 Å². The SMILES string of the molecule is C=CC(=O)OC(CCCCCCCC(=O)OCC(COC(=O)CCCCCCCC(OC(=O)C=C)C(O)CC1OC1CC(OC(=O)C=C)C(O)CC)OC(=O)CCCCCCCC1OC1CC(OC(=O)C=C)C(O)CCCCC)C(O)CCCCCCCC. The highest BCUT2D eigenvalue weighted by Crippen LogP contribution is 2.35. The van der Waals surface area contributed by atoms with E-state index in [4.69, 9.17) is 42.6 Å². The Morgan fingerprint density at radius 2 is 0.708 bits per heavy atom. The highest BCUT2D eigenvalue weighted by molar-refractivity contribution is 5.82. The molecule has 0 amide bonds. The van der Waals surface area contributed by atoms with Crippen LogP contribution in [0.1, 0.15) is 252 Å². The first-order valence-corrected chi connectivity index (χ1v) is 33.8. The van der Waals surface area contributed by atoms with Crippen LogP contribution >= 0.6 is 0 Å². The summed E-state index contributed by atoms with van der Waals surface area (Å²) in [6.45, 7) is 19.3. The molecule has 0 aromatic rings. The molecule has 0 radical (unpaired) electrons. The first-order chi connectivity index (χ1) is 42.9. The number of rotatable bonds is 59. The van der Waals surface area contributed by atoms with Crippen molar-refractivity contribution >= 4 is 41.8 Å². The van der Waals surface area contributed by atoms with E-state index >= 15 is 0 Å². The summed E-state index contributed by atoms with van der Waals surface area (Å²) in [4.78, 5) is 87.0. The maximum Gasteiger partial charge on any atom is 0.330 e. The highest BCUT2D eigenvalue weighted by Gasteiger charge is 2.45. The molecule has 0 aromatic carbocycles. The zero-order chi connectivity index (χ0) is 65.6. The van der Waals surface area contributed by atoms with Gasteiger partial charge in [-0.3, -0.25) is 14.4 Å². The summed E-state index contributed by atoms with van der Waals surface area (Å²) < 4.78 is 50.2. The molecule has 2 heterocycles. The molecule has 2 fully saturated rings. The number of aliphatic hydroxyl groups is 4. The van der Waals surface area contributed by atoms with Gasteiger partial charge >= 0.3 is 41.8 Å². The van der Waals surface area contributed by atoms with Crippen molar-refractivity contribution in [2.24, 2.45) is 0 Å². The largest absolute Gasteiger partial charge is 0.462 e. The van der Waals surface area contributed by atoms with Crippen LogP contribution in [0.3, 0.4) is 0 Å². The molecule has 0 aliphatic carbocycles. The Bertz CT molecular complexity index is 2030. The van der Waals surface area contributed by atoms with Crippen molar-refractivity contribution < 1.29 is 96.6 Å². The summed E-state index contributed by atoms with van der Waals surface area (Å²) in [7, 11) is 0. The first-order valence-electron chi connectivity index (χ1n) is 33.8. The van der Waals surface area contributed by atoms with Crippen molar-refractivity contribution in [3.8, 4) is 0 Å². The van der Waals surface area contributed by atoms with Crippen LogP contribution in [0.5, 0.6) is 0 Å². The topological polar surface area (TPSA) is 290 Å². The second-order valence-electron chi connectivity index (χ2n) is 24.0. The van der Waals surface area contributed by atoms with E-state index in [1.165, 1.54) is 12.8 Å². The fourth-order valence-corrected chi connectivity index (χ4v) is 10.8. The number of aliphatic hydroxyl groups excluding tert-OH is 4. The van der Waals surface area contributed by atoms with Gasteiger partial charge in [0.2, 0.25) is 0 Å². The number of ether oxygens (including phenoxy) is 9. The lowest BCUT2D eigenvalue weighted by atomic mass is 9.98. The van der Waals surface area contributed by atoms with Gasteiger partial charge in [0.1, 0.15) is 37.6 Å². The molecule has 2 aliphatic rings. The summed E-state index contributed by atoms with van der Waals surface area (Å²) in [5.74, 6) is -3.92. The number of unbranched alkanes of at least 4 members (excludes halogenated alkanes) is 19. The summed E-state index contributed by atoms with van der Waals surface area (Å²) in [6.07, 6.45) is 21.0. The molecule has 20 heteroatoms. The molecular weight excluding hydrogens is 1150 g/mol. The maximum atomic E-state index is 13.1. The number of carbonyl (C=O) groups excluding carboxylic acids is 7. The van der Waals surface area contributed by atoms with Crippen LogP contribution in [0.2, 0.25) is 0 Å². The van der Waals surface area contributed by atoms with Crippen LogP contribution in [-0.4, -0.2) is 155 Å². The molecule has 13 atom stereocenters. The highest BCUT2D eigenvalue weighted by atomic mass is 16.6. The van der Waals surface area contributed by atoms with Crippen molar-refractivity contribution in [2.45, 2.75) is 331 Å². The quantitative estimate of drug-likeness (QED) is 0.0145. The lowest BCUT2D eigenvalue weighted by Crippen LogP contribution is -2.34. The van der Waals surface area contributed by atoms with Crippen molar-refractivity contribution in [3.05, 3.63) is 50.6 Å². The molecule has 13 unspecified atom stereocenters. The summed E-state index contributed by atoms with van der Waals surface area (Å²) in [6, 6.07) is 0. The Hall–Kier alpha value is -4.99. The second-order valence-corrected chi connectivity index (χ2v) is 24.0. The Morgan fingerprint density at radius 1 is 0.371 bits per heavy atom. The summed E-state index contributed by atoms with van der Waals surface area (Å²) in [5.41, 5.74) is 0. The van der Waals surface area contributed by atoms with E-state index in [0.29, 0.717) is 70.6 Å². The van der Waals surface area contributed by atoms with Crippen molar-refractivity contribution in [1.82, 2.24) is 0 Å². The molecule has 0 aromatic heterocycles. The third kappa shape index (κ3) is 39.1. The van der Waals surface area contributed by atoms with Gasteiger partial charge in [0.05, 0.1) is 48.8 Å². The third-order valence-electron chi connectivity index (χ3n) is 16.4. The van der Waals surface area contributed by atoms with Crippen molar-refractivity contribution in [2.75, 3.05) is 13.2 Å². The minimum Gasteiger partial charge on any atom is -0.462 e. The maximum absolute atomic E-state index is 13.1. The van der Waals surface area contributed by atoms with E-state index in [1.54, 1.807) is 6.92 Å². The van der Waals surface area contributed by atoms with E-state index in [0.717, 1.165) is 140 Å². The lowest BCUT2D eigenvalue weighted by molar-refractivity contribution is -0.167. The molecule has 510 valence electrons. The molecular formula is C69H114O20. The Labute approximate surface area is 531 Å². The van der Waals surface area contributed by atoms with Gasteiger partial charge < -0.3 is 63.1 Å². The minimum atomic E-state index is -1.04. The van der Waals surface area contributed by atoms with Crippen LogP contribution in [0.15, 0.2) is 50.6 Å². The van der Waals surface area contributed by atoms with E-state index in [2.05, 4.69) is 40.2 Å². The molecule has 0 saturated carbocycles. The summed E-state index contributed by atoms with van der Waals surface area (Å²) >= 11 is 0. The average Bonchev–Trinajstić information content (AvgIpc) is 3.31. The molecule has 4 N–H and O–H groups in total. The fourth-order valence-electron chi connectivity index (χ4n) is 10.8.